The van der Waals surface area contributed by atoms with E-state index in [-0.39, 0.29) is 38.6 Å². The van der Waals surface area contributed by atoms with Crippen molar-refractivity contribution in [2.75, 3.05) is 47.5 Å². The molecule has 0 bridgehead atoms. The van der Waals surface area contributed by atoms with E-state index in [1.807, 2.05) is 21.1 Å². The van der Waals surface area contributed by atoms with Gasteiger partial charge in [-0.2, -0.15) is 0 Å². The summed E-state index contributed by atoms with van der Waals surface area (Å²) in [6, 6.07) is 0. The van der Waals surface area contributed by atoms with E-state index in [1.165, 1.54) is 109 Å². The Morgan fingerprint density at radius 3 is 1.14 bits per heavy atom. The molecule has 0 aromatic carbocycles. The van der Waals surface area contributed by atoms with Crippen molar-refractivity contribution < 1.29 is 42.9 Å². The smallest absolute Gasteiger partial charge is 0.306 e. The average molecular weight is 995 g/mol. The molecule has 0 N–H and O–H groups in total. The summed E-state index contributed by atoms with van der Waals surface area (Å²) >= 11 is 0. The van der Waals surface area contributed by atoms with E-state index in [0.29, 0.717) is 23.9 Å². The van der Waals surface area contributed by atoms with Gasteiger partial charge in [-0.15, -0.1) is 0 Å². The van der Waals surface area contributed by atoms with E-state index >= 15 is 0 Å². The average Bonchev–Trinajstić information content (AvgIpc) is 3.34. The molecule has 0 aromatic heterocycles. The van der Waals surface area contributed by atoms with Gasteiger partial charge in [0.2, 0.25) is 0 Å². The quantitative estimate of drug-likeness (QED) is 0.0195. The molecule has 9 nitrogen and oxygen atoms in total. The van der Waals surface area contributed by atoms with Crippen molar-refractivity contribution in [1.29, 1.82) is 0 Å². The van der Waals surface area contributed by atoms with Gasteiger partial charge < -0.3 is 33.3 Å². The molecule has 0 aliphatic heterocycles. The van der Waals surface area contributed by atoms with Gasteiger partial charge in [-0.25, -0.2) is 0 Å². The molecule has 0 aliphatic carbocycles. The van der Waals surface area contributed by atoms with E-state index < -0.39 is 24.3 Å². The lowest BCUT2D eigenvalue weighted by Crippen LogP contribution is -2.44. The monoisotopic (exact) mass is 994 g/mol. The molecule has 0 aromatic rings. The number of allylic oxidation sites excluding steroid dienone is 14. The minimum absolute atomic E-state index is 0.141. The van der Waals surface area contributed by atoms with Gasteiger partial charge in [0.05, 0.1) is 40.3 Å². The summed E-state index contributed by atoms with van der Waals surface area (Å²) in [5.74, 6) is -2.32. The minimum atomic E-state index is -1.63. The maximum atomic E-state index is 12.8. The number of aliphatic carboxylic acids is 1. The number of hydrogen-bond acceptors (Lipinski definition) is 8. The number of likely N-dealkylation sites (N-methyl/N-ethyl adjacent to an activating group) is 1. The van der Waals surface area contributed by atoms with Gasteiger partial charge in [0, 0.05) is 12.8 Å². The van der Waals surface area contributed by atoms with Crippen molar-refractivity contribution in [3.63, 3.8) is 0 Å². The van der Waals surface area contributed by atoms with E-state index in [4.69, 9.17) is 18.9 Å². The lowest BCUT2D eigenvalue weighted by atomic mass is 10.0. The summed E-state index contributed by atoms with van der Waals surface area (Å²) in [6.07, 6.45) is 66.6. The first-order chi connectivity index (χ1) is 34.6. The Bertz CT molecular complexity index is 1440. The van der Waals surface area contributed by atoms with Gasteiger partial charge in [-0.3, -0.25) is 9.59 Å². The molecular weight excluding hydrogens is 887 g/mol. The summed E-state index contributed by atoms with van der Waals surface area (Å²) in [5.41, 5.74) is 0. The minimum Gasteiger partial charge on any atom is -0.545 e. The predicted molar refractivity (Wildman–Crippen MR) is 297 cm³/mol. The van der Waals surface area contributed by atoms with Crippen molar-refractivity contribution in [3.05, 3.63) is 85.1 Å². The number of quaternary nitrogens is 1. The van der Waals surface area contributed by atoms with Crippen LogP contribution in [0.25, 0.3) is 0 Å². The van der Waals surface area contributed by atoms with Gasteiger partial charge in [0.25, 0.3) is 0 Å². The second kappa shape index (κ2) is 52.8. The summed E-state index contributed by atoms with van der Waals surface area (Å²) in [5, 5.41) is 11.7. The van der Waals surface area contributed by atoms with Crippen LogP contribution in [0.2, 0.25) is 0 Å². The largest absolute Gasteiger partial charge is 0.545 e. The zero-order chi connectivity index (χ0) is 52.0. The van der Waals surface area contributed by atoms with E-state index in [9.17, 15) is 19.5 Å². The zero-order valence-electron chi connectivity index (χ0n) is 46.3. The fourth-order valence-electron chi connectivity index (χ4n) is 7.78. The summed E-state index contributed by atoms with van der Waals surface area (Å²) in [4.78, 5) is 37.2. The predicted octanol–water partition coefficient (Wildman–Crippen LogP) is 15.5. The second-order valence-electron chi connectivity index (χ2n) is 20.2. The van der Waals surface area contributed by atoms with Crippen LogP contribution in [0.3, 0.4) is 0 Å². The van der Waals surface area contributed by atoms with E-state index in [0.717, 1.165) is 83.5 Å². The molecule has 0 aliphatic rings. The molecule has 0 fully saturated rings. The molecule has 0 rings (SSSR count). The Morgan fingerprint density at radius 2 is 0.761 bits per heavy atom. The summed E-state index contributed by atoms with van der Waals surface area (Å²) in [6.45, 7) is 4.49. The van der Waals surface area contributed by atoms with Crippen LogP contribution >= 0.6 is 0 Å². The third kappa shape index (κ3) is 54.1. The van der Waals surface area contributed by atoms with Crippen LogP contribution in [-0.4, -0.2) is 82.3 Å². The number of rotatable bonds is 52. The van der Waals surface area contributed by atoms with Crippen molar-refractivity contribution in [3.8, 4) is 0 Å². The van der Waals surface area contributed by atoms with Crippen LogP contribution in [0.1, 0.15) is 232 Å². The van der Waals surface area contributed by atoms with Crippen LogP contribution in [-0.2, 0) is 33.3 Å². The fourth-order valence-corrected chi connectivity index (χ4v) is 7.78. The molecule has 2 unspecified atom stereocenters. The molecule has 0 saturated heterocycles. The van der Waals surface area contributed by atoms with E-state index in [2.05, 4.69) is 98.9 Å². The van der Waals surface area contributed by atoms with Crippen molar-refractivity contribution in [2.45, 2.75) is 245 Å². The molecule has 0 heterocycles. The highest BCUT2D eigenvalue weighted by molar-refractivity contribution is 5.70. The first-order valence-corrected chi connectivity index (χ1v) is 28.7. The van der Waals surface area contributed by atoms with Crippen molar-refractivity contribution in [2.24, 2.45) is 0 Å². The zero-order valence-corrected chi connectivity index (χ0v) is 46.3. The number of unbranched alkanes of at least 4 members (excludes halogenated alkanes) is 23. The maximum Gasteiger partial charge on any atom is 0.306 e. The molecule has 2 atom stereocenters. The number of carbonyl (C=O) groups is 3. The molecule has 0 spiro atoms. The maximum absolute atomic E-state index is 12.8. The molecule has 71 heavy (non-hydrogen) atoms. The number of esters is 2. The first kappa shape index (κ1) is 67.5. The molecule has 9 heteroatoms. The highest BCUT2D eigenvalue weighted by Crippen LogP contribution is 2.16. The molecule has 0 amide bonds. The highest BCUT2D eigenvalue weighted by atomic mass is 16.7. The Hall–Kier alpha value is -3.53. The van der Waals surface area contributed by atoms with E-state index in [1.54, 1.807) is 0 Å². The van der Waals surface area contributed by atoms with Gasteiger partial charge in [0.15, 0.2) is 12.4 Å². The van der Waals surface area contributed by atoms with Gasteiger partial charge in [0.1, 0.15) is 13.2 Å². The Morgan fingerprint density at radius 1 is 0.423 bits per heavy atom. The number of carbonyl (C=O) groups excluding carboxylic acids is 3. The SMILES string of the molecule is CC/C=C\C/C=C\C/C=C\C/C=C\CCCCCCCCCCCCCCCCCCCCCCC(=O)OC(COC(=O)CCCCC/C=C\C/C=C\C/C=C\CC)COC(OCC[N+](C)(C)C)C(=O)[O-]. The van der Waals surface area contributed by atoms with Crippen molar-refractivity contribution >= 4 is 17.9 Å². The van der Waals surface area contributed by atoms with Gasteiger partial charge in [-0.05, 0) is 83.5 Å². The van der Waals surface area contributed by atoms with Crippen LogP contribution < -0.4 is 5.11 Å². The first-order valence-electron chi connectivity index (χ1n) is 28.7. The third-order valence-corrected chi connectivity index (χ3v) is 12.1. The van der Waals surface area contributed by atoms with Gasteiger partial charge in [-0.1, -0.05) is 221 Å². The number of carboxylic acid groups (broad SMARTS) is 1. The van der Waals surface area contributed by atoms with Crippen LogP contribution in [0.5, 0.6) is 0 Å². The lowest BCUT2D eigenvalue weighted by molar-refractivity contribution is -0.870. The number of nitrogens with zero attached hydrogens (tertiary/aromatic N) is 1. The number of hydrogen-bond donors (Lipinski definition) is 0. The standard InChI is InChI=1S/C62H107NO8/c1-6-8-10-12-14-16-18-20-21-22-23-24-25-26-27-28-29-30-31-32-33-34-35-36-37-38-39-41-43-45-47-49-51-53-60(65)71-58(57-70-62(61(66)67)68-55-54-63(3,4)5)56-69-59(64)52-50-48-46-44-42-40-19-17-15-13-11-9-7-2/h8-11,14-17,20-21,23-24,40,42,58,62H,6-7,12-13,18-19,22,25-39,41,43-57H2,1-5H3/b10-8-,11-9-,16-14-,17-15-,21-20-,24-23-,42-40-. The van der Waals surface area contributed by atoms with Gasteiger partial charge >= 0.3 is 11.9 Å². The number of ether oxygens (including phenoxy) is 4. The number of carboxylic acids is 1. The third-order valence-electron chi connectivity index (χ3n) is 12.1. The summed E-state index contributed by atoms with van der Waals surface area (Å²) < 4.78 is 22.6. The Balaban J connectivity index is 4.09. The molecular formula is C62H107NO8. The Kier molecular flexibility index (Phi) is 50.2. The second-order valence-corrected chi connectivity index (χ2v) is 20.2. The molecule has 0 saturated carbocycles. The molecule has 0 radical (unpaired) electrons. The molecule has 408 valence electrons. The lowest BCUT2D eigenvalue weighted by Gasteiger charge is -2.26. The van der Waals surface area contributed by atoms with Crippen molar-refractivity contribution in [1.82, 2.24) is 0 Å². The summed E-state index contributed by atoms with van der Waals surface area (Å²) in [7, 11) is 5.91. The Labute approximate surface area is 436 Å². The van der Waals surface area contributed by atoms with Crippen LogP contribution in [0.15, 0.2) is 85.1 Å². The van der Waals surface area contributed by atoms with Crippen LogP contribution in [0.4, 0.5) is 0 Å². The topological polar surface area (TPSA) is 111 Å². The fraction of sp³-hybridized carbons (Fsp3) is 0.726. The highest BCUT2D eigenvalue weighted by Gasteiger charge is 2.22. The normalized spacial score (nSPS) is 13.4. The van der Waals surface area contributed by atoms with Crippen LogP contribution in [0, 0.1) is 0 Å².